The number of imidazole rings is 1. The Balaban J connectivity index is 0.000000165. The molecule has 0 aliphatic heterocycles. The molecule has 0 N–H and O–H groups in total. The Labute approximate surface area is 201 Å². The van der Waals surface area contributed by atoms with Gasteiger partial charge in [0.15, 0.2) is 11.3 Å². The summed E-state index contributed by atoms with van der Waals surface area (Å²) in [6, 6.07) is 3.33. The molecule has 184 valence electrons. The molecular weight excluding hydrogens is 494 g/mol. The monoisotopic (exact) mass is 517 g/mol. The van der Waals surface area contributed by atoms with Crippen LogP contribution in [-0.2, 0) is 31.3 Å². The molecule has 0 saturated carbocycles. The van der Waals surface area contributed by atoms with Crippen molar-refractivity contribution in [2.75, 3.05) is 12.5 Å². The summed E-state index contributed by atoms with van der Waals surface area (Å²) in [5, 5.41) is 0. The number of nitrogens with zero attached hydrogens (tertiary/aromatic N) is 7. The van der Waals surface area contributed by atoms with Gasteiger partial charge in [0.05, 0.1) is 47.8 Å². The van der Waals surface area contributed by atoms with Gasteiger partial charge >= 0.3 is 0 Å². The van der Waals surface area contributed by atoms with Crippen LogP contribution in [0, 0.1) is 6.92 Å². The van der Waals surface area contributed by atoms with Gasteiger partial charge in [0.25, 0.3) is 0 Å². The van der Waals surface area contributed by atoms with E-state index in [1.165, 1.54) is 29.5 Å². The van der Waals surface area contributed by atoms with Crippen molar-refractivity contribution >= 4 is 53.7 Å². The number of carbonyl (C=O) groups is 1. The highest BCUT2D eigenvalue weighted by Crippen LogP contribution is 2.18. The van der Waals surface area contributed by atoms with Crippen LogP contribution in [0.15, 0.2) is 43.1 Å². The molecule has 0 spiro atoms. The van der Waals surface area contributed by atoms with Gasteiger partial charge in [-0.3, -0.25) is 4.40 Å². The molecule has 14 heteroatoms. The number of aromatic nitrogens is 7. The molecule has 5 aromatic heterocycles. The SMILES string of the molecule is CC(=O)CCc1cnc2c(ccn2S(C)(=O)=O)n1.Cc1ncc2cnc3c(ccn3S(C)(=O)=O)n12. The maximum absolute atomic E-state index is 11.6. The molecule has 0 atom stereocenters. The minimum Gasteiger partial charge on any atom is -0.300 e. The molecule has 0 radical (unpaired) electrons. The molecule has 12 nitrogen and oxygen atoms in total. The zero-order valence-electron chi connectivity index (χ0n) is 19.4. The highest BCUT2D eigenvalue weighted by Gasteiger charge is 2.14. The summed E-state index contributed by atoms with van der Waals surface area (Å²) in [4.78, 5) is 27.6. The van der Waals surface area contributed by atoms with Crippen molar-refractivity contribution in [3.05, 3.63) is 54.6 Å². The predicted molar refractivity (Wildman–Crippen MR) is 130 cm³/mol. The maximum atomic E-state index is 11.6. The fourth-order valence-corrected chi connectivity index (χ4v) is 5.05. The third-order valence-corrected chi connectivity index (χ3v) is 7.20. The van der Waals surface area contributed by atoms with E-state index in [9.17, 15) is 21.6 Å². The van der Waals surface area contributed by atoms with Gasteiger partial charge in [-0.25, -0.2) is 44.7 Å². The molecule has 35 heavy (non-hydrogen) atoms. The first-order valence-electron chi connectivity index (χ1n) is 10.4. The summed E-state index contributed by atoms with van der Waals surface area (Å²) in [7, 11) is -6.69. The fourth-order valence-electron chi connectivity index (χ4n) is 3.57. The van der Waals surface area contributed by atoms with Gasteiger partial charge in [-0.1, -0.05) is 0 Å². The van der Waals surface area contributed by atoms with E-state index in [4.69, 9.17) is 0 Å². The Morgan fingerprint density at radius 2 is 1.49 bits per heavy atom. The van der Waals surface area contributed by atoms with Crippen molar-refractivity contribution in [3.63, 3.8) is 0 Å². The van der Waals surface area contributed by atoms with Crippen LogP contribution in [-0.4, -0.2) is 67.4 Å². The lowest BCUT2D eigenvalue weighted by molar-refractivity contribution is -0.117. The number of Topliss-reactive ketones (excluding diaryl/α,β-unsaturated/α-hetero) is 1. The largest absolute Gasteiger partial charge is 0.300 e. The number of rotatable bonds is 5. The average molecular weight is 518 g/mol. The number of carbonyl (C=O) groups excluding carboxylic acids is 1. The molecular formula is C21H23N7O5S2. The van der Waals surface area contributed by atoms with Crippen molar-refractivity contribution < 1.29 is 21.6 Å². The van der Waals surface area contributed by atoms with Crippen LogP contribution in [0.3, 0.4) is 0 Å². The zero-order valence-corrected chi connectivity index (χ0v) is 21.1. The lowest BCUT2D eigenvalue weighted by Crippen LogP contribution is -2.09. The van der Waals surface area contributed by atoms with Crippen LogP contribution in [0.5, 0.6) is 0 Å². The predicted octanol–water partition coefficient (Wildman–Crippen LogP) is 1.56. The normalized spacial score (nSPS) is 12.2. The summed E-state index contributed by atoms with van der Waals surface area (Å²) in [6.45, 7) is 3.39. The number of fused-ring (bicyclic) bond motifs is 4. The van der Waals surface area contributed by atoms with E-state index in [0.717, 1.165) is 33.3 Å². The Bertz CT molecular complexity index is 1800. The molecule has 5 heterocycles. The van der Waals surface area contributed by atoms with Gasteiger partial charge in [-0.15, -0.1) is 0 Å². The van der Waals surface area contributed by atoms with E-state index in [2.05, 4.69) is 19.9 Å². The summed E-state index contributed by atoms with van der Waals surface area (Å²) in [5.41, 5.74) is 3.51. The topological polar surface area (TPSA) is 151 Å². The van der Waals surface area contributed by atoms with Crippen LogP contribution in [0.2, 0.25) is 0 Å². The number of ketones is 1. The maximum Gasteiger partial charge on any atom is 0.237 e. The van der Waals surface area contributed by atoms with E-state index in [0.29, 0.717) is 35.3 Å². The van der Waals surface area contributed by atoms with Crippen molar-refractivity contribution in [1.82, 2.24) is 32.3 Å². The third kappa shape index (κ3) is 4.93. The number of hydrogen-bond acceptors (Lipinski definition) is 9. The highest BCUT2D eigenvalue weighted by molar-refractivity contribution is 7.89. The van der Waals surface area contributed by atoms with E-state index in [-0.39, 0.29) is 5.78 Å². The average Bonchev–Trinajstić information content (AvgIpc) is 3.47. The van der Waals surface area contributed by atoms with Crippen molar-refractivity contribution in [3.8, 4) is 0 Å². The second-order valence-electron chi connectivity index (χ2n) is 8.05. The van der Waals surface area contributed by atoms with Gasteiger partial charge in [0, 0.05) is 18.8 Å². The Morgan fingerprint density at radius 3 is 2.14 bits per heavy atom. The Kier molecular flexibility index (Phi) is 6.19. The Hall–Kier alpha value is -3.65. The third-order valence-electron chi connectivity index (χ3n) is 5.18. The van der Waals surface area contributed by atoms with Crippen molar-refractivity contribution in [1.29, 1.82) is 0 Å². The second-order valence-corrected chi connectivity index (χ2v) is 11.8. The first kappa shape index (κ1) is 24.5. The van der Waals surface area contributed by atoms with Crippen LogP contribution in [0.1, 0.15) is 24.9 Å². The molecule has 0 aliphatic rings. The first-order chi connectivity index (χ1) is 16.4. The molecule has 0 unspecified atom stereocenters. The summed E-state index contributed by atoms with van der Waals surface area (Å²) >= 11 is 0. The van der Waals surface area contributed by atoms with E-state index >= 15 is 0 Å². The van der Waals surface area contributed by atoms with Crippen LogP contribution in [0.25, 0.3) is 27.8 Å². The summed E-state index contributed by atoms with van der Waals surface area (Å²) < 4.78 is 50.2. The first-order valence-corrected chi connectivity index (χ1v) is 14.1. The smallest absolute Gasteiger partial charge is 0.237 e. The van der Waals surface area contributed by atoms with Gasteiger partial charge < -0.3 is 4.79 Å². The summed E-state index contributed by atoms with van der Waals surface area (Å²) in [6.07, 6.45) is 10.9. The molecule has 0 aromatic carbocycles. The standard InChI is InChI=1S/C11H13N3O3S.C10H10N4O2S/c1-8(15)3-4-9-7-12-11-10(13-9)5-6-14(11)18(2,16)17;1-7-11-5-8-6-12-10-9(14(7)8)3-4-13(10)17(2,15)16/h5-7H,3-4H2,1-2H3;3-6H,1-2H3. The number of hydrogen-bond donors (Lipinski definition) is 0. The lowest BCUT2D eigenvalue weighted by Gasteiger charge is -2.02. The molecule has 0 aliphatic carbocycles. The molecule has 0 bridgehead atoms. The molecule has 5 rings (SSSR count). The molecule has 5 aromatic rings. The molecule has 0 fully saturated rings. The molecule has 0 amide bonds. The van der Waals surface area contributed by atoms with Gasteiger partial charge in [-0.05, 0) is 32.4 Å². The van der Waals surface area contributed by atoms with Crippen molar-refractivity contribution in [2.24, 2.45) is 0 Å². The van der Waals surface area contributed by atoms with Crippen LogP contribution >= 0.6 is 0 Å². The van der Waals surface area contributed by atoms with Gasteiger partial charge in [0.1, 0.15) is 17.1 Å². The lowest BCUT2D eigenvalue weighted by atomic mass is 10.2. The summed E-state index contributed by atoms with van der Waals surface area (Å²) in [5.74, 6) is 0.893. The quantitative estimate of drug-likeness (QED) is 0.338. The van der Waals surface area contributed by atoms with Gasteiger partial charge in [0.2, 0.25) is 20.0 Å². The van der Waals surface area contributed by atoms with E-state index in [1.807, 2.05) is 11.3 Å². The number of aryl methyl sites for hydroxylation is 2. The zero-order chi connectivity index (χ0) is 25.5. The van der Waals surface area contributed by atoms with Crippen molar-refractivity contribution in [2.45, 2.75) is 26.7 Å². The minimum absolute atomic E-state index is 0.0885. The molecule has 0 saturated heterocycles. The van der Waals surface area contributed by atoms with E-state index < -0.39 is 20.0 Å². The van der Waals surface area contributed by atoms with E-state index in [1.54, 1.807) is 24.5 Å². The second kappa shape index (κ2) is 8.85. The van der Waals surface area contributed by atoms with Gasteiger partial charge in [-0.2, -0.15) is 0 Å². The minimum atomic E-state index is -3.36. The fraction of sp³-hybridized carbons (Fsp3) is 0.286. The van der Waals surface area contributed by atoms with Crippen LogP contribution in [0.4, 0.5) is 0 Å². The van der Waals surface area contributed by atoms with Crippen LogP contribution < -0.4 is 0 Å². The Morgan fingerprint density at radius 1 is 0.886 bits per heavy atom. The highest BCUT2D eigenvalue weighted by atomic mass is 32.2.